The molecule has 1 aliphatic heterocycles. The van der Waals surface area contributed by atoms with Crippen LogP contribution >= 0.6 is 0 Å². The van der Waals surface area contributed by atoms with E-state index in [-0.39, 0.29) is 12.1 Å². The smallest absolute Gasteiger partial charge is 0.319 e. The zero-order valence-corrected chi connectivity index (χ0v) is 12.1. The monoisotopic (exact) mass is 278 g/mol. The summed E-state index contributed by atoms with van der Waals surface area (Å²) in [5.41, 5.74) is 1.78. The van der Waals surface area contributed by atoms with Crippen LogP contribution in [-0.2, 0) is 4.74 Å². The van der Waals surface area contributed by atoms with Crippen molar-refractivity contribution in [2.24, 2.45) is 0 Å². The molecule has 2 amide bonds. The Kier molecular flexibility index (Phi) is 5.24. The van der Waals surface area contributed by atoms with Crippen molar-refractivity contribution in [1.82, 2.24) is 5.32 Å². The van der Waals surface area contributed by atoms with E-state index in [2.05, 4.69) is 10.6 Å². The number of carbonyl (C=O) groups excluding carboxylic acids is 1. The summed E-state index contributed by atoms with van der Waals surface area (Å²) in [4.78, 5) is 11.9. The largest absolute Gasteiger partial charge is 0.492 e. The number of rotatable bonds is 5. The summed E-state index contributed by atoms with van der Waals surface area (Å²) >= 11 is 0. The molecule has 0 unspecified atom stereocenters. The van der Waals surface area contributed by atoms with Gasteiger partial charge in [0.1, 0.15) is 5.75 Å². The van der Waals surface area contributed by atoms with Crippen LogP contribution < -0.4 is 15.4 Å². The first-order valence-corrected chi connectivity index (χ1v) is 7.09. The second kappa shape index (κ2) is 7.14. The third-order valence-corrected chi connectivity index (χ3v) is 3.20. The zero-order chi connectivity index (χ0) is 14.4. The van der Waals surface area contributed by atoms with Crippen molar-refractivity contribution in [3.05, 3.63) is 23.8 Å². The molecule has 2 N–H and O–H groups in total. The number of carbonyl (C=O) groups is 1. The Balaban J connectivity index is 1.89. The molecule has 0 aliphatic carbocycles. The number of anilines is 1. The summed E-state index contributed by atoms with van der Waals surface area (Å²) in [5.74, 6) is 0.694. The summed E-state index contributed by atoms with van der Waals surface area (Å²) in [6, 6.07) is 5.48. The van der Waals surface area contributed by atoms with Crippen LogP contribution in [0, 0.1) is 6.92 Å². The maximum absolute atomic E-state index is 11.9. The highest BCUT2D eigenvalue weighted by molar-refractivity contribution is 5.91. The number of urea groups is 1. The fraction of sp³-hybridized carbons (Fsp3) is 0.533. The molecule has 1 heterocycles. The minimum Gasteiger partial charge on any atom is -0.492 e. The van der Waals surface area contributed by atoms with Gasteiger partial charge in [0.05, 0.1) is 18.4 Å². The van der Waals surface area contributed by atoms with Crippen LogP contribution in [0.5, 0.6) is 5.75 Å². The molecule has 1 atom stereocenters. The van der Waals surface area contributed by atoms with Gasteiger partial charge in [-0.3, -0.25) is 0 Å². The molecule has 0 spiro atoms. The normalized spacial score (nSPS) is 17.8. The summed E-state index contributed by atoms with van der Waals surface area (Å²) in [7, 11) is 0. The van der Waals surface area contributed by atoms with E-state index >= 15 is 0 Å². The summed E-state index contributed by atoms with van der Waals surface area (Å²) < 4.78 is 11.0. The van der Waals surface area contributed by atoms with Gasteiger partial charge in [-0.2, -0.15) is 0 Å². The Bertz CT molecular complexity index is 456. The molecule has 1 fully saturated rings. The summed E-state index contributed by atoms with van der Waals surface area (Å²) in [6.07, 6.45) is 2.22. The number of benzene rings is 1. The van der Waals surface area contributed by atoms with E-state index in [9.17, 15) is 4.79 Å². The fourth-order valence-electron chi connectivity index (χ4n) is 2.19. The van der Waals surface area contributed by atoms with Gasteiger partial charge in [0, 0.05) is 13.2 Å². The first kappa shape index (κ1) is 14.7. The minimum atomic E-state index is -0.231. The van der Waals surface area contributed by atoms with Crippen LogP contribution in [0.3, 0.4) is 0 Å². The molecule has 5 heteroatoms. The van der Waals surface area contributed by atoms with E-state index in [1.165, 1.54) is 0 Å². The predicted molar refractivity (Wildman–Crippen MR) is 78.3 cm³/mol. The SMILES string of the molecule is CCOc1cc(C)ccc1NC(=O)NC[C@@H]1CCCO1. The lowest BCUT2D eigenvalue weighted by molar-refractivity contribution is 0.112. The molecular weight excluding hydrogens is 256 g/mol. The molecular formula is C15H22N2O3. The fourth-order valence-corrected chi connectivity index (χ4v) is 2.19. The van der Waals surface area contributed by atoms with E-state index in [0.29, 0.717) is 24.6 Å². The van der Waals surface area contributed by atoms with E-state index in [4.69, 9.17) is 9.47 Å². The molecule has 5 nitrogen and oxygen atoms in total. The van der Waals surface area contributed by atoms with Gasteiger partial charge in [0.25, 0.3) is 0 Å². The van der Waals surface area contributed by atoms with Crippen molar-refractivity contribution in [2.75, 3.05) is 25.1 Å². The molecule has 0 saturated carbocycles. The van der Waals surface area contributed by atoms with Gasteiger partial charge < -0.3 is 20.1 Å². The zero-order valence-electron chi connectivity index (χ0n) is 12.1. The number of ether oxygens (including phenoxy) is 2. The van der Waals surface area contributed by atoms with Crippen LogP contribution in [0.1, 0.15) is 25.3 Å². The van der Waals surface area contributed by atoms with Crippen molar-refractivity contribution < 1.29 is 14.3 Å². The topological polar surface area (TPSA) is 59.6 Å². The van der Waals surface area contributed by atoms with Gasteiger partial charge in [-0.25, -0.2) is 4.79 Å². The molecule has 0 aromatic heterocycles. The molecule has 0 bridgehead atoms. The third kappa shape index (κ3) is 4.13. The van der Waals surface area contributed by atoms with Gasteiger partial charge in [-0.15, -0.1) is 0 Å². The number of amides is 2. The highest BCUT2D eigenvalue weighted by Gasteiger charge is 2.16. The van der Waals surface area contributed by atoms with E-state index in [1.54, 1.807) is 0 Å². The van der Waals surface area contributed by atoms with Crippen molar-refractivity contribution in [2.45, 2.75) is 32.8 Å². The van der Waals surface area contributed by atoms with Crippen LogP contribution in [0.2, 0.25) is 0 Å². The average Bonchev–Trinajstić information content (AvgIpc) is 2.93. The standard InChI is InChI=1S/C15H22N2O3/c1-3-19-14-9-11(2)6-7-13(14)17-15(18)16-10-12-5-4-8-20-12/h6-7,9,12H,3-5,8,10H2,1-2H3,(H2,16,17,18)/t12-/m0/s1. The average molecular weight is 278 g/mol. The number of nitrogens with one attached hydrogen (secondary N) is 2. The quantitative estimate of drug-likeness (QED) is 0.870. The van der Waals surface area contributed by atoms with Crippen molar-refractivity contribution in [3.8, 4) is 5.75 Å². The second-order valence-corrected chi connectivity index (χ2v) is 4.90. The Hall–Kier alpha value is -1.75. The molecule has 1 saturated heterocycles. The first-order valence-electron chi connectivity index (χ1n) is 7.09. The van der Waals surface area contributed by atoms with Gasteiger partial charge in [0.2, 0.25) is 0 Å². The Morgan fingerprint density at radius 2 is 2.35 bits per heavy atom. The lowest BCUT2D eigenvalue weighted by Gasteiger charge is -2.14. The van der Waals surface area contributed by atoms with E-state index in [0.717, 1.165) is 25.0 Å². The molecule has 1 aromatic rings. The lowest BCUT2D eigenvalue weighted by Crippen LogP contribution is -2.35. The van der Waals surface area contributed by atoms with Gasteiger partial charge in [-0.05, 0) is 44.4 Å². The van der Waals surface area contributed by atoms with Gasteiger partial charge in [0.15, 0.2) is 0 Å². The van der Waals surface area contributed by atoms with Crippen LogP contribution in [0.25, 0.3) is 0 Å². The predicted octanol–water partition coefficient (Wildman–Crippen LogP) is 2.69. The molecule has 0 radical (unpaired) electrons. The van der Waals surface area contributed by atoms with Crippen molar-refractivity contribution in [1.29, 1.82) is 0 Å². The van der Waals surface area contributed by atoms with Crippen LogP contribution in [0.15, 0.2) is 18.2 Å². The molecule has 20 heavy (non-hydrogen) atoms. The minimum absolute atomic E-state index is 0.144. The highest BCUT2D eigenvalue weighted by atomic mass is 16.5. The maximum atomic E-state index is 11.9. The second-order valence-electron chi connectivity index (χ2n) is 4.90. The van der Waals surface area contributed by atoms with Crippen LogP contribution in [-0.4, -0.2) is 31.9 Å². The summed E-state index contributed by atoms with van der Waals surface area (Å²) in [6.45, 7) is 5.81. The Labute approximate surface area is 119 Å². The van der Waals surface area contributed by atoms with Crippen molar-refractivity contribution in [3.63, 3.8) is 0 Å². The highest BCUT2D eigenvalue weighted by Crippen LogP contribution is 2.25. The van der Waals surface area contributed by atoms with Gasteiger partial charge >= 0.3 is 6.03 Å². The van der Waals surface area contributed by atoms with Crippen LogP contribution in [0.4, 0.5) is 10.5 Å². The molecule has 110 valence electrons. The van der Waals surface area contributed by atoms with Gasteiger partial charge in [-0.1, -0.05) is 6.07 Å². The third-order valence-electron chi connectivity index (χ3n) is 3.20. The van der Waals surface area contributed by atoms with E-state index in [1.807, 2.05) is 32.0 Å². The maximum Gasteiger partial charge on any atom is 0.319 e. The summed E-state index contributed by atoms with van der Waals surface area (Å²) in [5, 5.41) is 5.64. The Morgan fingerprint density at radius 1 is 1.50 bits per heavy atom. The molecule has 1 aliphatic rings. The van der Waals surface area contributed by atoms with Crippen molar-refractivity contribution >= 4 is 11.7 Å². The lowest BCUT2D eigenvalue weighted by atomic mass is 10.2. The molecule has 2 rings (SSSR count). The number of hydrogen-bond donors (Lipinski definition) is 2. The Morgan fingerprint density at radius 3 is 3.05 bits per heavy atom. The first-order chi connectivity index (χ1) is 9.69. The number of hydrogen-bond acceptors (Lipinski definition) is 3. The molecule has 1 aromatic carbocycles. The van der Waals surface area contributed by atoms with E-state index < -0.39 is 0 Å². The number of aryl methyl sites for hydroxylation is 1.